The van der Waals surface area contributed by atoms with Gasteiger partial charge in [0.1, 0.15) is 5.01 Å². The highest BCUT2D eigenvalue weighted by Crippen LogP contribution is 2.28. The molecule has 0 unspecified atom stereocenters. The smallest absolute Gasteiger partial charge is 0.315 e. The quantitative estimate of drug-likeness (QED) is 0.381. The van der Waals surface area contributed by atoms with Crippen LogP contribution in [0.25, 0.3) is 10.6 Å². The summed E-state index contributed by atoms with van der Waals surface area (Å²) in [5.41, 5.74) is 2.48. The molecular formula is C15H11Cl2N5OS. The van der Waals surface area contributed by atoms with E-state index in [0.29, 0.717) is 5.71 Å². The van der Waals surface area contributed by atoms with E-state index in [9.17, 15) is 0 Å². The number of thiazole rings is 1. The van der Waals surface area contributed by atoms with Gasteiger partial charge in [-0.15, -0.1) is 11.3 Å². The predicted octanol–water partition coefficient (Wildman–Crippen LogP) is 4.41. The first-order valence-electron chi connectivity index (χ1n) is 6.82. The number of hydrogen-bond donors (Lipinski definition) is 0. The minimum absolute atomic E-state index is 0.0263. The van der Waals surface area contributed by atoms with Gasteiger partial charge < -0.3 is 4.84 Å². The summed E-state index contributed by atoms with van der Waals surface area (Å²) in [5.74, 6) is 0. The fourth-order valence-corrected chi connectivity index (χ4v) is 3.08. The molecule has 0 aliphatic heterocycles. The zero-order chi connectivity index (χ0) is 17.1. The van der Waals surface area contributed by atoms with Crippen LogP contribution >= 0.6 is 34.5 Å². The first-order chi connectivity index (χ1) is 11.5. The van der Waals surface area contributed by atoms with Gasteiger partial charge in [0, 0.05) is 18.0 Å². The maximum atomic E-state index is 5.82. The van der Waals surface area contributed by atoms with Gasteiger partial charge in [-0.25, -0.2) is 9.97 Å². The molecule has 3 aromatic heterocycles. The molecule has 0 atom stereocenters. The summed E-state index contributed by atoms with van der Waals surface area (Å²) in [4.78, 5) is 22.6. The number of aromatic nitrogens is 4. The Hall–Kier alpha value is -2.09. The van der Waals surface area contributed by atoms with E-state index in [2.05, 4.69) is 25.1 Å². The van der Waals surface area contributed by atoms with Gasteiger partial charge >= 0.3 is 6.01 Å². The summed E-state index contributed by atoms with van der Waals surface area (Å²) in [5, 5.41) is 5.29. The summed E-state index contributed by atoms with van der Waals surface area (Å²) < 4.78 is 0. The second-order valence-electron chi connectivity index (χ2n) is 4.73. The van der Waals surface area contributed by atoms with Crippen LogP contribution in [0.1, 0.15) is 17.5 Å². The zero-order valence-corrected chi connectivity index (χ0v) is 15.0. The number of hydrogen-bond acceptors (Lipinski definition) is 7. The molecule has 24 heavy (non-hydrogen) atoms. The molecule has 3 heterocycles. The summed E-state index contributed by atoms with van der Waals surface area (Å²) in [6, 6.07) is 3.86. The molecule has 3 aromatic rings. The fraction of sp³-hybridized carbons (Fsp3) is 0.133. The largest absolute Gasteiger partial charge is 0.347 e. The van der Waals surface area contributed by atoms with Gasteiger partial charge in [-0.1, -0.05) is 28.4 Å². The van der Waals surface area contributed by atoms with Crippen molar-refractivity contribution in [3.63, 3.8) is 0 Å². The van der Waals surface area contributed by atoms with E-state index in [4.69, 9.17) is 28.0 Å². The van der Waals surface area contributed by atoms with Crippen molar-refractivity contribution in [2.45, 2.75) is 13.8 Å². The molecule has 0 radical (unpaired) electrons. The number of nitrogens with zero attached hydrogens (tertiary/aromatic N) is 5. The van der Waals surface area contributed by atoms with Crippen molar-refractivity contribution >= 4 is 40.3 Å². The molecule has 0 aromatic carbocycles. The molecule has 0 fully saturated rings. The van der Waals surface area contributed by atoms with Gasteiger partial charge in [-0.05, 0) is 26.0 Å². The number of rotatable bonds is 4. The van der Waals surface area contributed by atoms with E-state index in [0.717, 1.165) is 21.1 Å². The molecule has 0 amide bonds. The summed E-state index contributed by atoms with van der Waals surface area (Å²) in [6.07, 6.45) is 4.85. The molecule has 0 saturated heterocycles. The first-order valence-corrected chi connectivity index (χ1v) is 8.39. The van der Waals surface area contributed by atoms with Crippen molar-refractivity contribution in [2.24, 2.45) is 5.16 Å². The lowest BCUT2D eigenvalue weighted by Crippen LogP contribution is -1.99. The average molecular weight is 380 g/mol. The third kappa shape index (κ3) is 3.69. The molecule has 0 N–H and O–H groups in total. The van der Waals surface area contributed by atoms with Gasteiger partial charge in [0.2, 0.25) is 0 Å². The van der Waals surface area contributed by atoms with E-state index >= 15 is 0 Å². The molecule has 3 rings (SSSR count). The van der Waals surface area contributed by atoms with Crippen molar-refractivity contribution in [1.29, 1.82) is 0 Å². The highest BCUT2D eigenvalue weighted by molar-refractivity contribution is 7.17. The molecular weight excluding hydrogens is 369 g/mol. The molecule has 0 saturated carbocycles. The maximum absolute atomic E-state index is 5.82. The Morgan fingerprint density at radius 3 is 2.79 bits per heavy atom. The van der Waals surface area contributed by atoms with Crippen LogP contribution in [0, 0.1) is 6.92 Å². The molecule has 0 aliphatic rings. The topological polar surface area (TPSA) is 73.2 Å². The minimum atomic E-state index is 0.0263. The minimum Gasteiger partial charge on any atom is -0.315 e. The Bertz CT molecular complexity index is 898. The molecule has 122 valence electrons. The lowest BCUT2D eigenvalue weighted by Gasteiger charge is -2.00. The van der Waals surface area contributed by atoms with Crippen LogP contribution in [0.5, 0.6) is 6.01 Å². The van der Waals surface area contributed by atoms with Crippen molar-refractivity contribution in [1.82, 2.24) is 19.9 Å². The second-order valence-corrected chi connectivity index (χ2v) is 6.50. The van der Waals surface area contributed by atoms with E-state index in [-0.39, 0.29) is 16.2 Å². The SMILES string of the molecule is CC(=NOc1ncc(Cl)c(Cl)n1)c1sc(-c2cccnc2)nc1C. The Labute approximate surface area is 152 Å². The Kier molecular flexibility index (Phi) is 5.03. The van der Waals surface area contributed by atoms with Crippen LogP contribution in [0.3, 0.4) is 0 Å². The number of oxime groups is 1. The standard InChI is InChI=1S/C15H11Cl2N5OS/c1-8-12(24-14(20-8)10-4-3-5-18-6-10)9(2)22-23-15-19-7-11(16)13(17)21-15/h3-7H,1-2H3. The summed E-state index contributed by atoms with van der Waals surface area (Å²) in [6.45, 7) is 3.74. The fourth-order valence-electron chi connectivity index (χ4n) is 1.87. The van der Waals surface area contributed by atoms with Gasteiger partial charge in [0.25, 0.3) is 0 Å². The van der Waals surface area contributed by atoms with Crippen LogP contribution in [-0.2, 0) is 0 Å². The van der Waals surface area contributed by atoms with Gasteiger partial charge in [-0.3, -0.25) is 4.98 Å². The van der Waals surface area contributed by atoms with Crippen molar-refractivity contribution in [3.8, 4) is 16.6 Å². The van der Waals surface area contributed by atoms with Crippen LogP contribution in [-0.4, -0.2) is 25.6 Å². The van der Waals surface area contributed by atoms with Crippen molar-refractivity contribution in [3.05, 3.63) is 51.5 Å². The molecule has 6 nitrogen and oxygen atoms in total. The molecule has 0 bridgehead atoms. The van der Waals surface area contributed by atoms with E-state index in [1.54, 1.807) is 12.4 Å². The summed E-state index contributed by atoms with van der Waals surface area (Å²) in [7, 11) is 0. The lowest BCUT2D eigenvalue weighted by atomic mass is 10.3. The van der Waals surface area contributed by atoms with Crippen LogP contribution in [0.4, 0.5) is 0 Å². The first kappa shape index (κ1) is 16.8. The zero-order valence-electron chi connectivity index (χ0n) is 12.7. The third-order valence-electron chi connectivity index (χ3n) is 2.98. The molecule has 0 aliphatic carbocycles. The van der Waals surface area contributed by atoms with Crippen LogP contribution < -0.4 is 4.84 Å². The number of halogens is 2. The lowest BCUT2D eigenvalue weighted by molar-refractivity contribution is 0.313. The number of pyridine rings is 1. The van der Waals surface area contributed by atoms with Crippen LogP contribution in [0.2, 0.25) is 10.2 Å². The predicted molar refractivity (Wildman–Crippen MR) is 95.0 cm³/mol. The van der Waals surface area contributed by atoms with Crippen molar-refractivity contribution < 1.29 is 4.84 Å². The van der Waals surface area contributed by atoms with E-state index in [1.807, 2.05) is 26.0 Å². The highest BCUT2D eigenvalue weighted by atomic mass is 35.5. The second kappa shape index (κ2) is 7.21. The van der Waals surface area contributed by atoms with Gasteiger partial charge in [-0.2, -0.15) is 4.98 Å². The monoisotopic (exact) mass is 379 g/mol. The summed E-state index contributed by atoms with van der Waals surface area (Å²) >= 11 is 13.1. The maximum Gasteiger partial charge on any atom is 0.347 e. The van der Waals surface area contributed by atoms with E-state index in [1.165, 1.54) is 17.5 Å². The number of aryl methyl sites for hydroxylation is 1. The van der Waals surface area contributed by atoms with Crippen LogP contribution in [0.15, 0.2) is 35.9 Å². The average Bonchev–Trinajstić information content (AvgIpc) is 2.98. The van der Waals surface area contributed by atoms with Crippen molar-refractivity contribution in [2.75, 3.05) is 0 Å². The highest BCUT2D eigenvalue weighted by Gasteiger charge is 2.13. The Balaban J connectivity index is 1.83. The van der Waals surface area contributed by atoms with Gasteiger partial charge in [0.15, 0.2) is 5.15 Å². The molecule has 9 heteroatoms. The normalized spacial score (nSPS) is 11.6. The Morgan fingerprint density at radius 1 is 1.25 bits per heavy atom. The van der Waals surface area contributed by atoms with E-state index < -0.39 is 0 Å². The molecule has 0 spiro atoms. The van der Waals surface area contributed by atoms with Gasteiger partial charge in [0.05, 0.1) is 27.5 Å². The Morgan fingerprint density at radius 2 is 2.08 bits per heavy atom. The third-order valence-corrected chi connectivity index (χ3v) is 4.95.